The molecule has 1 spiro atoms. The Labute approximate surface area is 211 Å². The number of carbonyl (C=O) groups excluding carboxylic acids is 4. The maximum Gasteiger partial charge on any atom is 0.410 e. The van der Waals surface area contributed by atoms with Crippen molar-refractivity contribution < 1.29 is 29.0 Å². The van der Waals surface area contributed by atoms with Crippen molar-refractivity contribution in [3.63, 3.8) is 0 Å². The highest BCUT2D eigenvalue weighted by Gasteiger charge is 2.57. The highest BCUT2D eigenvalue weighted by molar-refractivity contribution is 6.05. The van der Waals surface area contributed by atoms with E-state index in [9.17, 15) is 24.3 Å². The standard InChI is InChI=1S/C27H35N3O6/c1-25(2,3)36-24(34)29-13-12-27(35,26(16-29)10-4-5-11-26)18-6-7-19-17(14-18)15-30(23(19)33)20-8-9-21(31)28-22(20)32/h6-7,14,20,35H,4-5,8-13,15-16H2,1-3H3,(H,28,31,32). The molecule has 2 atom stereocenters. The second-order valence-corrected chi connectivity index (χ2v) is 11.8. The zero-order chi connectivity index (χ0) is 25.9. The van der Waals surface area contributed by atoms with E-state index in [2.05, 4.69) is 5.32 Å². The predicted octanol–water partition coefficient (Wildman–Crippen LogP) is 2.84. The Balaban J connectivity index is 1.41. The van der Waals surface area contributed by atoms with Gasteiger partial charge in [0.05, 0.1) is 5.60 Å². The molecule has 9 heteroatoms. The Bertz CT molecular complexity index is 1120. The molecule has 4 amide bonds. The number of hydrogen-bond donors (Lipinski definition) is 2. The molecule has 1 aliphatic carbocycles. The van der Waals surface area contributed by atoms with Gasteiger partial charge in [-0.2, -0.15) is 0 Å². The van der Waals surface area contributed by atoms with Crippen LogP contribution in [0.5, 0.6) is 0 Å². The third-order valence-corrected chi connectivity index (χ3v) is 8.33. The molecule has 194 valence electrons. The number of hydrogen-bond acceptors (Lipinski definition) is 6. The molecule has 1 saturated carbocycles. The van der Waals surface area contributed by atoms with Crippen LogP contribution in [0.3, 0.4) is 0 Å². The molecule has 5 rings (SSSR count). The van der Waals surface area contributed by atoms with E-state index in [1.54, 1.807) is 11.0 Å². The van der Waals surface area contributed by atoms with Crippen LogP contribution in [-0.4, -0.2) is 63.5 Å². The second kappa shape index (κ2) is 8.57. The number of carbonyl (C=O) groups is 4. The summed E-state index contributed by atoms with van der Waals surface area (Å²) >= 11 is 0. The van der Waals surface area contributed by atoms with Crippen molar-refractivity contribution in [2.75, 3.05) is 13.1 Å². The van der Waals surface area contributed by atoms with Gasteiger partial charge in [-0.15, -0.1) is 0 Å². The number of fused-ring (bicyclic) bond motifs is 1. The van der Waals surface area contributed by atoms with Crippen molar-refractivity contribution in [3.8, 4) is 0 Å². The fraction of sp³-hybridized carbons (Fsp3) is 0.630. The molecular weight excluding hydrogens is 462 g/mol. The maximum absolute atomic E-state index is 13.1. The van der Waals surface area contributed by atoms with Crippen molar-refractivity contribution in [3.05, 3.63) is 34.9 Å². The van der Waals surface area contributed by atoms with Crippen LogP contribution in [0.25, 0.3) is 0 Å². The van der Waals surface area contributed by atoms with E-state index in [4.69, 9.17) is 4.74 Å². The summed E-state index contributed by atoms with van der Waals surface area (Å²) in [6, 6.07) is 4.81. The molecule has 2 unspecified atom stereocenters. The monoisotopic (exact) mass is 497 g/mol. The van der Waals surface area contributed by atoms with E-state index in [-0.39, 0.29) is 30.9 Å². The third kappa shape index (κ3) is 4.07. The third-order valence-electron chi connectivity index (χ3n) is 8.33. The fourth-order valence-corrected chi connectivity index (χ4v) is 6.53. The first-order chi connectivity index (χ1) is 16.9. The maximum atomic E-state index is 13.1. The molecule has 2 saturated heterocycles. The highest BCUT2D eigenvalue weighted by Crippen LogP contribution is 2.56. The molecular formula is C27H35N3O6. The van der Waals surface area contributed by atoms with Crippen molar-refractivity contribution in [2.24, 2.45) is 5.41 Å². The number of amides is 4. The minimum absolute atomic E-state index is 0.207. The van der Waals surface area contributed by atoms with Gasteiger partial charge in [-0.1, -0.05) is 25.0 Å². The summed E-state index contributed by atoms with van der Waals surface area (Å²) in [5, 5.41) is 14.6. The predicted molar refractivity (Wildman–Crippen MR) is 130 cm³/mol. The number of nitrogens with zero attached hydrogens (tertiary/aromatic N) is 2. The quantitative estimate of drug-likeness (QED) is 0.607. The molecule has 36 heavy (non-hydrogen) atoms. The number of nitrogens with one attached hydrogen (secondary N) is 1. The van der Waals surface area contributed by atoms with Crippen LogP contribution in [-0.2, 0) is 26.5 Å². The Hall–Kier alpha value is -2.94. The van der Waals surface area contributed by atoms with Crippen LogP contribution in [0.15, 0.2) is 18.2 Å². The highest BCUT2D eigenvalue weighted by atomic mass is 16.6. The van der Waals surface area contributed by atoms with Crippen LogP contribution >= 0.6 is 0 Å². The van der Waals surface area contributed by atoms with Gasteiger partial charge in [-0.25, -0.2) is 4.79 Å². The number of ether oxygens (including phenoxy) is 1. The summed E-state index contributed by atoms with van der Waals surface area (Å²) in [7, 11) is 0. The molecule has 0 bridgehead atoms. The zero-order valence-electron chi connectivity index (χ0n) is 21.3. The first-order valence-electron chi connectivity index (χ1n) is 12.9. The first kappa shape index (κ1) is 24.7. The fourth-order valence-electron chi connectivity index (χ4n) is 6.53. The number of aliphatic hydroxyl groups is 1. The molecule has 0 radical (unpaired) electrons. The van der Waals surface area contributed by atoms with Crippen molar-refractivity contribution in [1.29, 1.82) is 0 Å². The Morgan fingerprint density at radius 2 is 1.86 bits per heavy atom. The number of rotatable bonds is 2. The minimum atomic E-state index is -1.14. The lowest BCUT2D eigenvalue weighted by molar-refractivity contribution is -0.138. The summed E-state index contributed by atoms with van der Waals surface area (Å²) < 4.78 is 5.62. The van der Waals surface area contributed by atoms with Crippen molar-refractivity contribution in [1.82, 2.24) is 15.1 Å². The van der Waals surface area contributed by atoms with Crippen LogP contribution in [0, 0.1) is 5.41 Å². The van der Waals surface area contributed by atoms with E-state index in [1.807, 2.05) is 32.9 Å². The van der Waals surface area contributed by atoms with Gasteiger partial charge in [0.1, 0.15) is 11.6 Å². The lowest BCUT2D eigenvalue weighted by Crippen LogP contribution is -2.58. The van der Waals surface area contributed by atoms with Gasteiger partial charge in [-0.05, 0) is 63.6 Å². The molecule has 9 nitrogen and oxygen atoms in total. The van der Waals surface area contributed by atoms with E-state index in [0.29, 0.717) is 31.5 Å². The van der Waals surface area contributed by atoms with Crippen LogP contribution < -0.4 is 5.32 Å². The minimum Gasteiger partial charge on any atom is -0.444 e. The molecule has 1 aromatic carbocycles. The molecule has 4 aliphatic rings. The van der Waals surface area contributed by atoms with E-state index >= 15 is 0 Å². The molecule has 2 N–H and O–H groups in total. The normalized spacial score (nSPS) is 27.9. The average molecular weight is 498 g/mol. The number of imide groups is 1. The topological polar surface area (TPSA) is 116 Å². The lowest BCUT2D eigenvalue weighted by atomic mass is 9.63. The average Bonchev–Trinajstić information content (AvgIpc) is 3.40. The molecule has 3 aliphatic heterocycles. The largest absolute Gasteiger partial charge is 0.444 e. The van der Waals surface area contributed by atoms with Crippen molar-refractivity contribution >= 4 is 23.8 Å². The molecule has 0 aromatic heterocycles. The Kier molecular flexibility index (Phi) is 5.89. The van der Waals surface area contributed by atoms with Crippen molar-refractivity contribution in [2.45, 2.75) is 89.5 Å². The van der Waals surface area contributed by atoms with Gasteiger partial charge in [0.25, 0.3) is 5.91 Å². The first-order valence-corrected chi connectivity index (χ1v) is 12.9. The SMILES string of the molecule is CC(C)(C)OC(=O)N1CCC(O)(c2ccc3c(c2)CN(C2CCC(=O)NC2=O)C3=O)C2(CCCC2)C1. The smallest absolute Gasteiger partial charge is 0.410 e. The summed E-state index contributed by atoms with van der Waals surface area (Å²) in [4.78, 5) is 53.2. The zero-order valence-corrected chi connectivity index (χ0v) is 21.3. The summed E-state index contributed by atoms with van der Waals surface area (Å²) in [5.74, 6) is -0.983. The summed E-state index contributed by atoms with van der Waals surface area (Å²) in [6.45, 7) is 6.62. The Morgan fingerprint density at radius 3 is 2.53 bits per heavy atom. The van der Waals surface area contributed by atoms with Gasteiger partial charge in [0, 0.05) is 37.0 Å². The number of piperidine rings is 2. The van der Waals surface area contributed by atoms with Gasteiger partial charge >= 0.3 is 6.09 Å². The number of likely N-dealkylation sites (tertiary alicyclic amines) is 1. The van der Waals surface area contributed by atoms with Gasteiger partial charge in [0.15, 0.2) is 0 Å². The van der Waals surface area contributed by atoms with Crippen LogP contribution in [0.1, 0.15) is 87.2 Å². The molecule has 3 fully saturated rings. The Morgan fingerprint density at radius 1 is 1.14 bits per heavy atom. The number of benzene rings is 1. The van der Waals surface area contributed by atoms with Crippen LogP contribution in [0.4, 0.5) is 4.79 Å². The summed E-state index contributed by atoms with van der Waals surface area (Å²) in [5.41, 5.74) is -0.152. The van der Waals surface area contributed by atoms with E-state index in [0.717, 1.165) is 36.8 Å². The van der Waals surface area contributed by atoms with Crippen LogP contribution in [0.2, 0.25) is 0 Å². The summed E-state index contributed by atoms with van der Waals surface area (Å²) in [6.07, 6.45) is 4.13. The van der Waals surface area contributed by atoms with Gasteiger partial charge < -0.3 is 19.6 Å². The lowest BCUT2D eigenvalue weighted by Gasteiger charge is -2.52. The second-order valence-electron chi connectivity index (χ2n) is 11.8. The van der Waals surface area contributed by atoms with E-state index < -0.39 is 28.6 Å². The molecule has 1 aromatic rings. The van der Waals surface area contributed by atoms with Gasteiger partial charge in [0.2, 0.25) is 11.8 Å². The van der Waals surface area contributed by atoms with Gasteiger partial charge in [-0.3, -0.25) is 19.7 Å². The van der Waals surface area contributed by atoms with E-state index in [1.165, 1.54) is 4.90 Å². The molecule has 3 heterocycles.